The van der Waals surface area contributed by atoms with Gasteiger partial charge < -0.3 is 16.2 Å². The molecule has 0 saturated heterocycles. The second-order valence-electron chi connectivity index (χ2n) is 2.78. The Hall–Kier alpha value is -1.83. The fourth-order valence-electron chi connectivity index (χ4n) is 1.01. The molecule has 0 unspecified atom stereocenters. The summed E-state index contributed by atoms with van der Waals surface area (Å²) in [6.07, 6.45) is -4.65. The van der Waals surface area contributed by atoms with Crippen molar-refractivity contribution in [1.82, 2.24) is 4.98 Å². The Bertz CT molecular complexity index is 406. The lowest BCUT2D eigenvalue weighted by molar-refractivity contribution is -0.274. The van der Waals surface area contributed by atoms with Gasteiger partial charge in [-0.25, -0.2) is 4.98 Å². The van der Waals surface area contributed by atoms with Crippen LogP contribution >= 0.6 is 0 Å². The second-order valence-corrected chi connectivity index (χ2v) is 2.78. The molecule has 0 aromatic carbocycles. The fourth-order valence-corrected chi connectivity index (χ4v) is 1.01. The van der Waals surface area contributed by atoms with E-state index < -0.39 is 17.8 Å². The Balaban J connectivity index is 3.21. The first-order valence-corrected chi connectivity index (χ1v) is 4.07. The number of hydrogen-bond donors (Lipinski definition) is 2. The average Bonchev–Trinajstić information content (AvgIpc) is 2.19. The molecule has 0 aliphatic rings. The van der Waals surface area contributed by atoms with Crippen molar-refractivity contribution in [3.63, 3.8) is 0 Å². The van der Waals surface area contributed by atoms with Gasteiger partial charge in [-0.05, 0) is 0 Å². The maximum absolute atomic E-state index is 12.0. The van der Waals surface area contributed by atoms with E-state index in [1.165, 1.54) is 0 Å². The summed E-state index contributed by atoms with van der Waals surface area (Å²) in [7, 11) is 0. The number of nitrogens with two attached hydrogens (primary N) is 2. The smallest absolute Gasteiger partial charge is 0.403 e. The van der Waals surface area contributed by atoms with Crippen molar-refractivity contribution < 1.29 is 22.7 Å². The normalized spacial score (nSPS) is 11.2. The summed E-state index contributed by atoms with van der Waals surface area (Å²) >= 11 is 0. The number of carbonyl (C=O) groups excluding carboxylic acids is 1. The number of aldehydes is 1. The molecule has 0 radical (unpaired) electrons. The molecule has 0 spiro atoms. The third-order valence-electron chi connectivity index (χ3n) is 1.65. The highest BCUT2D eigenvalue weighted by atomic mass is 19.4. The standard InChI is InChI=1S/C8H8F3N3O2/c9-8(10,11)16-6-1-4(2-12)14-5(3-15)7(6)13/h1,3H,2,12-13H2. The number of nitrogens with zero attached hydrogens (tertiary/aromatic N) is 1. The molecule has 88 valence electrons. The highest BCUT2D eigenvalue weighted by Crippen LogP contribution is 2.30. The summed E-state index contributed by atoms with van der Waals surface area (Å²) in [6.45, 7) is -0.130. The first-order valence-electron chi connectivity index (χ1n) is 4.07. The molecule has 0 bridgehead atoms. The molecule has 0 atom stereocenters. The Morgan fingerprint density at radius 2 is 2.12 bits per heavy atom. The van der Waals surface area contributed by atoms with Gasteiger partial charge in [0.05, 0.1) is 5.69 Å². The first kappa shape index (κ1) is 12.2. The summed E-state index contributed by atoms with van der Waals surface area (Å²) in [4.78, 5) is 14.1. The molecule has 0 amide bonds. The predicted molar refractivity (Wildman–Crippen MR) is 48.6 cm³/mol. The fraction of sp³-hybridized carbons (Fsp3) is 0.250. The summed E-state index contributed by atoms with van der Waals surface area (Å²) in [6, 6.07) is 0.940. The molecule has 1 heterocycles. The Kier molecular flexibility index (Phi) is 3.33. The Morgan fingerprint density at radius 1 is 1.50 bits per heavy atom. The first-order chi connectivity index (χ1) is 7.37. The van der Waals surface area contributed by atoms with Crippen LogP contribution in [0.2, 0.25) is 0 Å². The third-order valence-corrected chi connectivity index (χ3v) is 1.65. The molecule has 0 saturated carbocycles. The zero-order valence-electron chi connectivity index (χ0n) is 7.91. The molecule has 8 heteroatoms. The summed E-state index contributed by atoms with van der Waals surface area (Å²) in [5, 5.41) is 0. The average molecular weight is 235 g/mol. The van der Waals surface area contributed by atoms with Crippen molar-refractivity contribution in [2.24, 2.45) is 5.73 Å². The van der Waals surface area contributed by atoms with Gasteiger partial charge in [0.15, 0.2) is 12.0 Å². The molecule has 0 aliphatic heterocycles. The molecule has 5 nitrogen and oxygen atoms in total. The van der Waals surface area contributed by atoms with Crippen molar-refractivity contribution in [2.45, 2.75) is 12.9 Å². The third kappa shape index (κ3) is 2.83. The molecule has 0 fully saturated rings. The lowest BCUT2D eigenvalue weighted by atomic mass is 10.2. The van der Waals surface area contributed by atoms with Crippen LogP contribution in [0.3, 0.4) is 0 Å². The predicted octanol–water partition coefficient (Wildman–Crippen LogP) is 0.834. The number of rotatable bonds is 3. The Morgan fingerprint density at radius 3 is 2.56 bits per heavy atom. The summed E-state index contributed by atoms with van der Waals surface area (Å²) in [5.74, 6) is -0.676. The SMILES string of the molecule is NCc1cc(OC(F)(F)F)c(N)c(C=O)n1. The van der Waals surface area contributed by atoms with Gasteiger partial charge in [-0.1, -0.05) is 0 Å². The van der Waals surface area contributed by atoms with Crippen molar-refractivity contribution in [3.8, 4) is 5.75 Å². The maximum atomic E-state index is 12.0. The highest BCUT2D eigenvalue weighted by molar-refractivity contribution is 5.83. The van der Waals surface area contributed by atoms with Crippen LogP contribution in [0.5, 0.6) is 5.75 Å². The van der Waals surface area contributed by atoms with Crippen molar-refractivity contribution in [3.05, 3.63) is 17.5 Å². The molecule has 4 N–H and O–H groups in total. The van der Waals surface area contributed by atoms with E-state index in [1.54, 1.807) is 0 Å². The van der Waals surface area contributed by atoms with Gasteiger partial charge in [0.1, 0.15) is 11.4 Å². The zero-order valence-corrected chi connectivity index (χ0v) is 7.91. The van der Waals surface area contributed by atoms with E-state index in [2.05, 4.69) is 9.72 Å². The molecular formula is C8H8F3N3O2. The summed E-state index contributed by atoms with van der Waals surface area (Å²) < 4.78 is 39.6. The molecule has 1 aromatic rings. The number of anilines is 1. The van der Waals surface area contributed by atoms with Gasteiger partial charge >= 0.3 is 6.36 Å². The minimum atomic E-state index is -4.89. The van der Waals surface area contributed by atoms with Gasteiger partial charge in [0.25, 0.3) is 0 Å². The quantitative estimate of drug-likeness (QED) is 0.757. The second kappa shape index (κ2) is 4.35. The van der Waals surface area contributed by atoms with Crippen LogP contribution in [-0.4, -0.2) is 17.6 Å². The van der Waals surface area contributed by atoms with Crippen molar-refractivity contribution >= 4 is 12.0 Å². The number of halogens is 3. The Labute approximate surface area is 88.2 Å². The number of carbonyl (C=O) groups is 1. The minimum Gasteiger partial charge on any atom is -0.403 e. The van der Waals surface area contributed by atoms with Crippen LogP contribution in [0.4, 0.5) is 18.9 Å². The monoisotopic (exact) mass is 235 g/mol. The number of hydrogen-bond acceptors (Lipinski definition) is 5. The molecular weight excluding hydrogens is 227 g/mol. The van der Waals surface area contributed by atoms with Gasteiger partial charge in [-0.15, -0.1) is 13.2 Å². The van der Waals surface area contributed by atoms with Gasteiger partial charge in [0, 0.05) is 12.6 Å². The zero-order chi connectivity index (χ0) is 12.3. The molecule has 16 heavy (non-hydrogen) atoms. The number of ether oxygens (including phenoxy) is 1. The lowest BCUT2D eigenvalue weighted by Gasteiger charge is -2.12. The van der Waals surface area contributed by atoms with Crippen LogP contribution in [0.1, 0.15) is 16.2 Å². The topological polar surface area (TPSA) is 91.2 Å². The van der Waals surface area contributed by atoms with E-state index >= 15 is 0 Å². The largest absolute Gasteiger partial charge is 0.573 e. The van der Waals surface area contributed by atoms with E-state index in [0.29, 0.717) is 0 Å². The van der Waals surface area contributed by atoms with Crippen LogP contribution in [-0.2, 0) is 6.54 Å². The van der Waals surface area contributed by atoms with E-state index in [-0.39, 0.29) is 24.2 Å². The van der Waals surface area contributed by atoms with Gasteiger partial charge in [-0.2, -0.15) is 0 Å². The van der Waals surface area contributed by atoms with Crippen molar-refractivity contribution in [2.75, 3.05) is 5.73 Å². The summed E-state index contributed by atoms with van der Waals surface area (Å²) in [5.41, 5.74) is 9.75. The van der Waals surface area contributed by atoms with Crippen LogP contribution < -0.4 is 16.2 Å². The van der Waals surface area contributed by atoms with E-state index in [4.69, 9.17) is 11.5 Å². The number of pyridine rings is 1. The molecule has 0 aliphatic carbocycles. The number of nitrogen functional groups attached to an aromatic ring is 1. The van der Waals surface area contributed by atoms with E-state index in [9.17, 15) is 18.0 Å². The van der Waals surface area contributed by atoms with Crippen LogP contribution in [0, 0.1) is 0 Å². The minimum absolute atomic E-state index is 0.0792. The number of alkyl halides is 3. The van der Waals surface area contributed by atoms with Crippen molar-refractivity contribution in [1.29, 1.82) is 0 Å². The number of aromatic nitrogens is 1. The van der Waals surface area contributed by atoms with Gasteiger partial charge in [0.2, 0.25) is 0 Å². The highest BCUT2D eigenvalue weighted by Gasteiger charge is 2.32. The molecule has 1 aromatic heterocycles. The van der Waals surface area contributed by atoms with E-state index in [0.717, 1.165) is 6.07 Å². The van der Waals surface area contributed by atoms with Crippen LogP contribution in [0.25, 0.3) is 0 Å². The maximum Gasteiger partial charge on any atom is 0.573 e. The lowest BCUT2D eigenvalue weighted by Crippen LogP contribution is -2.19. The molecule has 1 rings (SSSR count). The van der Waals surface area contributed by atoms with E-state index in [1.807, 2.05) is 0 Å². The van der Waals surface area contributed by atoms with Crippen LogP contribution in [0.15, 0.2) is 6.07 Å². The van der Waals surface area contributed by atoms with Gasteiger partial charge in [-0.3, -0.25) is 4.79 Å².